The average molecular weight is 315 g/mol. The van der Waals surface area contributed by atoms with Crippen LogP contribution in [-0.4, -0.2) is 32.8 Å². The van der Waals surface area contributed by atoms with Gasteiger partial charge in [-0.3, -0.25) is 0 Å². The minimum Gasteiger partial charge on any atom is -0.497 e. The Hall–Kier alpha value is -1.11. The van der Waals surface area contributed by atoms with Crippen LogP contribution in [0.3, 0.4) is 0 Å². The highest BCUT2D eigenvalue weighted by atomic mass is 32.2. The van der Waals surface area contributed by atoms with Crippen molar-refractivity contribution in [2.75, 3.05) is 13.7 Å². The molecule has 1 aromatic carbocycles. The average Bonchev–Trinajstić information content (AvgIpc) is 2.43. The number of ether oxygens (including phenoxy) is 1. The minimum absolute atomic E-state index is 0.229. The molecule has 2 N–H and O–H groups in total. The van der Waals surface area contributed by atoms with Gasteiger partial charge in [0, 0.05) is 0 Å². The van der Waals surface area contributed by atoms with Crippen LogP contribution in [0.25, 0.3) is 0 Å². The van der Waals surface area contributed by atoms with Gasteiger partial charge in [0.05, 0.1) is 24.2 Å². The second-order valence-corrected chi connectivity index (χ2v) is 6.96. The van der Waals surface area contributed by atoms with Crippen LogP contribution in [0.2, 0.25) is 0 Å². The number of aliphatic hydroxyl groups excluding tert-OH is 1. The highest BCUT2D eigenvalue weighted by molar-refractivity contribution is 7.89. The summed E-state index contributed by atoms with van der Waals surface area (Å²) in [6.07, 6.45) is 1.04. The first-order chi connectivity index (χ1) is 9.75. The quantitative estimate of drug-likeness (QED) is 0.808. The number of aliphatic hydroxyl groups is 1. The van der Waals surface area contributed by atoms with Crippen LogP contribution in [0.15, 0.2) is 17.0 Å². The van der Waals surface area contributed by atoms with Crippen molar-refractivity contribution in [1.82, 2.24) is 4.72 Å². The van der Waals surface area contributed by atoms with Crippen LogP contribution in [0.5, 0.6) is 5.75 Å². The fourth-order valence-corrected chi connectivity index (χ4v) is 4.43. The lowest BCUT2D eigenvalue weighted by molar-refractivity contribution is 0.172. The number of sulfonamides is 1. The largest absolute Gasteiger partial charge is 0.497 e. The molecule has 0 radical (unpaired) electrons. The number of aryl methyl sites for hydroxylation is 2. The molecule has 1 aromatic rings. The molecular weight excluding hydrogens is 290 g/mol. The molecule has 0 spiro atoms. The van der Waals surface area contributed by atoms with Gasteiger partial charge in [-0.2, -0.15) is 0 Å². The Labute approximate surface area is 127 Å². The van der Waals surface area contributed by atoms with Gasteiger partial charge in [0.25, 0.3) is 0 Å². The fourth-order valence-electron chi connectivity index (χ4n) is 2.44. The van der Waals surface area contributed by atoms with Crippen LogP contribution in [0.1, 0.15) is 37.8 Å². The molecule has 0 amide bonds. The van der Waals surface area contributed by atoms with Gasteiger partial charge >= 0.3 is 0 Å². The number of rotatable bonds is 7. The van der Waals surface area contributed by atoms with E-state index < -0.39 is 15.6 Å². The van der Waals surface area contributed by atoms with E-state index in [-0.39, 0.29) is 11.5 Å². The molecule has 120 valence electrons. The van der Waals surface area contributed by atoms with Gasteiger partial charge in [-0.15, -0.1) is 0 Å². The lowest BCUT2D eigenvalue weighted by atomic mass is 9.96. The van der Waals surface area contributed by atoms with Crippen molar-refractivity contribution in [3.63, 3.8) is 0 Å². The van der Waals surface area contributed by atoms with E-state index in [2.05, 4.69) is 4.72 Å². The molecular formula is C15H25NO4S. The zero-order valence-electron chi connectivity index (χ0n) is 13.4. The number of methoxy groups -OCH3 is 1. The van der Waals surface area contributed by atoms with E-state index in [1.165, 1.54) is 0 Å². The summed E-state index contributed by atoms with van der Waals surface area (Å²) in [7, 11) is -2.16. The van der Waals surface area contributed by atoms with Crippen LogP contribution in [0, 0.1) is 13.8 Å². The lowest BCUT2D eigenvalue weighted by Gasteiger charge is -2.31. The first kappa shape index (κ1) is 17.9. The van der Waals surface area contributed by atoms with E-state index in [0.29, 0.717) is 29.7 Å². The van der Waals surface area contributed by atoms with Gasteiger partial charge in [0.15, 0.2) is 0 Å². The van der Waals surface area contributed by atoms with E-state index in [4.69, 9.17) is 4.74 Å². The zero-order valence-corrected chi connectivity index (χ0v) is 14.2. The molecule has 5 nitrogen and oxygen atoms in total. The Balaban J connectivity index is 3.32. The topological polar surface area (TPSA) is 75.6 Å². The van der Waals surface area contributed by atoms with Crippen molar-refractivity contribution in [2.24, 2.45) is 0 Å². The maximum Gasteiger partial charge on any atom is 0.241 e. The van der Waals surface area contributed by atoms with Gasteiger partial charge in [-0.25, -0.2) is 13.1 Å². The fraction of sp³-hybridized carbons (Fsp3) is 0.600. The standard InChI is InChI=1S/C15H25NO4S/c1-6-15(7-2,10-17)16-21(18,19)14-11(3)8-13(20-5)9-12(14)4/h8-9,16-17H,6-7,10H2,1-5H3. The third kappa shape index (κ3) is 3.75. The van der Waals surface area contributed by atoms with E-state index >= 15 is 0 Å². The summed E-state index contributed by atoms with van der Waals surface area (Å²) in [5.41, 5.74) is 0.425. The zero-order chi connectivity index (χ0) is 16.3. The van der Waals surface area contributed by atoms with Crippen molar-refractivity contribution in [1.29, 1.82) is 0 Å². The van der Waals surface area contributed by atoms with Crippen LogP contribution in [0.4, 0.5) is 0 Å². The lowest BCUT2D eigenvalue weighted by Crippen LogP contribution is -2.50. The molecule has 0 bridgehead atoms. The Morgan fingerprint density at radius 2 is 1.67 bits per heavy atom. The number of hydrogen-bond donors (Lipinski definition) is 2. The van der Waals surface area contributed by atoms with Crippen molar-refractivity contribution in [3.05, 3.63) is 23.3 Å². The van der Waals surface area contributed by atoms with Crippen molar-refractivity contribution in [2.45, 2.75) is 51.0 Å². The molecule has 0 unspecified atom stereocenters. The van der Waals surface area contributed by atoms with Crippen molar-refractivity contribution < 1.29 is 18.3 Å². The monoisotopic (exact) mass is 315 g/mol. The number of benzene rings is 1. The van der Waals surface area contributed by atoms with Crippen LogP contribution in [-0.2, 0) is 10.0 Å². The Morgan fingerprint density at radius 3 is 2.00 bits per heavy atom. The summed E-state index contributed by atoms with van der Waals surface area (Å²) in [6, 6.07) is 3.39. The summed E-state index contributed by atoms with van der Waals surface area (Å²) in [4.78, 5) is 0.253. The Kier molecular flexibility index (Phi) is 5.78. The van der Waals surface area contributed by atoms with Gasteiger partial charge in [0.1, 0.15) is 5.75 Å². The van der Waals surface area contributed by atoms with E-state index in [1.54, 1.807) is 33.1 Å². The molecule has 0 fully saturated rings. The highest BCUT2D eigenvalue weighted by Crippen LogP contribution is 2.27. The number of hydrogen-bond acceptors (Lipinski definition) is 4. The maximum absolute atomic E-state index is 12.7. The number of nitrogens with one attached hydrogen (secondary N) is 1. The third-order valence-corrected chi connectivity index (χ3v) is 5.83. The summed E-state index contributed by atoms with van der Waals surface area (Å²) in [5.74, 6) is 0.628. The molecule has 21 heavy (non-hydrogen) atoms. The van der Waals surface area contributed by atoms with E-state index in [1.807, 2.05) is 13.8 Å². The molecule has 1 rings (SSSR count). The van der Waals surface area contributed by atoms with Gasteiger partial charge in [-0.05, 0) is 49.9 Å². The molecule has 0 saturated carbocycles. The predicted octanol–water partition coefficient (Wildman–Crippen LogP) is 2.14. The first-order valence-corrected chi connectivity index (χ1v) is 8.53. The second-order valence-electron chi connectivity index (χ2n) is 5.34. The Bertz CT molecular complexity index is 560. The maximum atomic E-state index is 12.7. The van der Waals surface area contributed by atoms with E-state index in [9.17, 15) is 13.5 Å². The summed E-state index contributed by atoms with van der Waals surface area (Å²) < 4.78 is 33.2. The van der Waals surface area contributed by atoms with Gasteiger partial charge < -0.3 is 9.84 Å². The normalized spacial score (nSPS) is 12.5. The molecule has 0 aromatic heterocycles. The smallest absolute Gasteiger partial charge is 0.241 e. The van der Waals surface area contributed by atoms with Crippen molar-refractivity contribution in [3.8, 4) is 5.75 Å². The van der Waals surface area contributed by atoms with Gasteiger partial charge in [-0.1, -0.05) is 13.8 Å². The summed E-state index contributed by atoms with van der Waals surface area (Å²) >= 11 is 0. The molecule has 0 saturated heterocycles. The molecule has 0 aliphatic heterocycles. The predicted molar refractivity (Wildman–Crippen MR) is 83.2 cm³/mol. The second kappa shape index (κ2) is 6.77. The first-order valence-electron chi connectivity index (χ1n) is 7.05. The molecule has 6 heteroatoms. The highest BCUT2D eigenvalue weighted by Gasteiger charge is 2.33. The van der Waals surface area contributed by atoms with Crippen LogP contribution < -0.4 is 9.46 Å². The summed E-state index contributed by atoms with van der Waals surface area (Å²) in [6.45, 7) is 6.96. The SMILES string of the molecule is CCC(CC)(CO)NS(=O)(=O)c1c(C)cc(OC)cc1C. The minimum atomic E-state index is -3.71. The third-order valence-electron chi connectivity index (χ3n) is 3.95. The molecule has 0 aliphatic rings. The van der Waals surface area contributed by atoms with Crippen LogP contribution >= 0.6 is 0 Å². The van der Waals surface area contributed by atoms with Crippen molar-refractivity contribution >= 4 is 10.0 Å². The van der Waals surface area contributed by atoms with E-state index in [0.717, 1.165) is 0 Å². The molecule has 0 aliphatic carbocycles. The molecule has 0 heterocycles. The Morgan fingerprint density at radius 1 is 1.19 bits per heavy atom. The van der Waals surface area contributed by atoms with Gasteiger partial charge in [0.2, 0.25) is 10.0 Å². The molecule has 0 atom stereocenters. The summed E-state index contributed by atoms with van der Waals surface area (Å²) in [5, 5.41) is 9.56.